The van der Waals surface area contributed by atoms with Gasteiger partial charge in [-0.3, -0.25) is 4.79 Å². The minimum absolute atomic E-state index is 0.164. The van der Waals surface area contributed by atoms with Crippen LogP contribution in [0.15, 0.2) is 51.8 Å². The first-order valence-corrected chi connectivity index (χ1v) is 10.6. The lowest BCUT2D eigenvalue weighted by Gasteiger charge is -2.35. The van der Waals surface area contributed by atoms with Crippen LogP contribution in [0.4, 0.5) is 11.4 Å². The van der Waals surface area contributed by atoms with E-state index in [0.29, 0.717) is 12.2 Å². The van der Waals surface area contributed by atoms with E-state index in [2.05, 4.69) is 9.71 Å². The van der Waals surface area contributed by atoms with Gasteiger partial charge in [-0.1, -0.05) is 17.7 Å². The molecule has 9 nitrogen and oxygen atoms in total. The van der Waals surface area contributed by atoms with Crippen LogP contribution < -0.4 is 10.2 Å². The number of amidine groups is 1. The standard InChI is InChI=1S/C20H18N4O5S/c1-12-2-5-14(6-3-12)24-8-9-29-18(20(24)26)17(25)19-22-15-7-4-13(11-21)10-16(15)30(27,28)23-19/h2-7,10,17-18,25H,8-9H2,1H3,(H,22,23)/t17-,18-/m1/s1. The number of sulfonamides is 1. The van der Waals surface area contributed by atoms with Crippen molar-refractivity contribution in [3.8, 4) is 6.07 Å². The second-order valence-electron chi connectivity index (χ2n) is 6.96. The zero-order chi connectivity index (χ0) is 21.5. The Bertz CT molecular complexity index is 1180. The largest absolute Gasteiger partial charge is 0.382 e. The fourth-order valence-corrected chi connectivity index (χ4v) is 4.52. The molecule has 1 saturated heterocycles. The second-order valence-corrected chi connectivity index (χ2v) is 8.53. The summed E-state index contributed by atoms with van der Waals surface area (Å²) in [6.07, 6.45) is -2.94. The Morgan fingerprint density at radius 3 is 2.73 bits per heavy atom. The number of aliphatic hydroxyl groups is 1. The van der Waals surface area contributed by atoms with Gasteiger partial charge in [0.15, 0.2) is 11.9 Å². The molecule has 2 aromatic carbocycles. The molecule has 1 fully saturated rings. The van der Waals surface area contributed by atoms with Gasteiger partial charge in [-0.15, -0.1) is 4.40 Å². The monoisotopic (exact) mass is 426 g/mol. The van der Waals surface area contributed by atoms with Crippen molar-refractivity contribution >= 4 is 33.1 Å². The number of nitrogens with zero attached hydrogens (tertiary/aromatic N) is 3. The van der Waals surface area contributed by atoms with Crippen molar-refractivity contribution in [1.82, 2.24) is 0 Å². The summed E-state index contributed by atoms with van der Waals surface area (Å²) < 4.78 is 34.2. The average Bonchev–Trinajstić information content (AvgIpc) is 2.73. The van der Waals surface area contributed by atoms with Crippen LogP contribution >= 0.6 is 0 Å². The minimum Gasteiger partial charge on any atom is -0.382 e. The van der Waals surface area contributed by atoms with Crippen LogP contribution in [0.3, 0.4) is 0 Å². The molecule has 154 valence electrons. The quantitative estimate of drug-likeness (QED) is 0.753. The Hall–Kier alpha value is -3.26. The molecule has 0 bridgehead atoms. The second kappa shape index (κ2) is 7.53. The van der Waals surface area contributed by atoms with Crippen molar-refractivity contribution in [2.24, 2.45) is 4.40 Å². The van der Waals surface area contributed by atoms with Gasteiger partial charge in [-0.25, -0.2) is 0 Å². The van der Waals surface area contributed by atoms with Gasteiger partial charge >= 0.3 is 0 Å². The maximum atomic E-state index is 13.0. The summed E-state index contributed by atoms with van der Waals surface area (Å²) in [6.45, 7) is 2.41. The Labute approximate surface area is 173 Å². The van der Waals surface area contributed by atoms with Gasteiger partial charge in [0.2, 0.25) is 0 Å². The summed E-state index contributed by atoms with van der Waals surface area (Å²) in [5.41, 5.74) is 2.03. The first-order valence-electron chi connectivity index (χ1n) is 9.14. The first kappa shape index (κ1) is 20.0. The number of amides is 1. The summed E-state index contributed by atoms with van der Waals surface area (Å²) in [5.74, 6) is -0.804. The van der Waals surface area contributed by atoms with E-state index in [4.69, 9.17) is 10.00 Å². The molecule has 2 aliphatic heterocycles. The number of carbonyl (C=O) groups excluding carboxylic acids is 1. The van der Waals surface area contributed by atoms with Gasteiger partial charge in [-0.05, 0) is 37.3 Å². The number of ether oxygens (including phenoxy) is 1. The molecule has 0 aromatic heterocycles. The number of anilines is 2. The predicted octanol–water partition coefficient (Wildman–Crippen LogP) is 1.17. The third-order valence-electron chi connectivity index (χ3n) is 4.90. The Balaban J connectivity index is 1.62. The van der Waals surface area contributed by atoms with E-state index in [1.165, 1.54) is 23.1 Å². The molecule has 30 heavy (non-hydrogen) atoms. The van der Waals surface area contributed by atoms with Crippen molar-refractivity contribution in [1.29, 1.82) is 5.26 Å². The van der Waals surface area contributed by atoms with E-state index in [-0.39, 0.29) is 28.6 Å². The molecule has 2 N–H and O–H groups in total. The molecule has 10 heteroatoms. The topological polar surface area (TPSA) is 132 Å². The normalized spacial score (nSPS) is 21.1. The highest BCUT2D eigenvalue weighted by Crippen LogP contribution is 2.30. The van der Waals surface area contributed by atoms with E-state index in [1.807, 2.05) is 25.1 Å². The van der Waals surface area contributed by atoms with Gasteiger partial charge in [0, 0.05) is 12.2 Å². The predicted molar refractivity (Wildman–Crippen MR) is 109 cm³/mol. The Morgan fingerprint density at radius 2 is 2.03 bits per heavy atom. The lowest BCUT2D eigenvalue weighted by atomic mass is 10.1. The van der Waals surface area contributed by atoms with Crippen LogP contribution in [0.25, 0.3) is 0 Å². The van der Waals surface area contributed by atoms with Crippen molar-refractivity contribution in [3.05, 3.63) is 53.6 Å². The number of carbonyl (C=O) groups is 1. The van der Waals surface area contributed by atoms with E-state index in [9.17, 15) is 18.3 Å². The first-order chi connectivity index (χ1) is 14.3. The maximum absolute atomic E-state index is 13.0. The lowest BCUT2D eigenvalue weighted by molar-refractivity contribution is -0.139. The van der Waals surface area contributed by atoms with Crippen LogP contribution in [0.1, 0.15) is 11.1 Å². The third-order valence-corrected chi connectivity index (χ3v) is 6.23. The molecule has 0 unspecified atom stereocenters. The number of hydrogen-bond donors (Lipinski definition) is 2. The number of hydrogen-bond acceptors (Lipinski definition) is 7. The molecular formula is C20H18N4O5S. The van der Waals surface area contributed by atoms with E-state index >= 15 is 0 Å². The molecule has 4 rings (SSSR count). The van der Waals surface area contributed by atoms with Crippen molar-refractivity contribution < 1.29 is 23.1 Å². The lowest BCUT2D eigenvalue weighted by Crippen LogP contribution is -2.56. The Morgan fingerprint density at radius 1 is 1.30 bits per heavy atom. The van der Waals surface area contributed by atoms with Crippen LogP contribution in [0, 0.1) is 18.3 Å². The molecule has 2 heterocycles. The molecule has 2 aromatic rings. The van der Waals surface area contributed by atoms with Crippen LogP contribution in [-0.2, 0) is 19.6 Å². The molecular weight excluding hydrogens is 408 g/mol. The van der Waals surface area contributed by atoms with Crippen LogP contribution in [0.2, 0.25) is 0 Å². The van der Waals surface area contributed by atoms with Gasteiger partial charge in [0.1, 0.15) is 11.0 Å². The molecule has 0 spiro atoms. The number of benzene rings is 2. The number of aryl methyl sites for hydroxylation is 1. The molecule has 0 saturated carbocycles. The molecule has 2 aliphatic rings. The van der Waals surface area contributed by atoms with Crippen molar-refractivity contribution in [2.45, 2.75) is 24.0 Å². The van der Waals surface area contributed by atoms with E-state index in [0.717, 1.165) is 5.56 Å². The number of fused-ring (bicyclic) bond motifs is 1. The zero-order valence-electron chi connectivity index (χ0n) is 15.9. The number of nitrogens with one attached hydrogen (secondary N) is 1. The van der Waals surface area contributed by atoms with Gasteiger partial charge in [0.05, 0.1) is 23.9 Å². The maximum Gasteiger partial charge on any atom is 0.286 e. The van der Waals surface area contributed by atoms with Crippen molar-refractivity contribution in [3.63, 3.8) is 0 Å². The van der Waals surface area contributed by atoms with E-state index < -0.39 is 28.1 Å². The Kier molecular flexibility index (Phi) is 5.03. The summed E-state index contributed by atoms with van der Waals surface area (Å²) in [6, 6.07) is 13.3. The fourth-order valence-electron chi connectivity index (χ4n) is 3.33. The number of aliphatic hydroxyl groups excluding tert-OH is 1. The van der Waals surface area contributed by atoms with Crippen LogP contribution in [0.5, 0.6) is 0 Å². The van der Waals surface area contributed by atoms with Crippen molar-refractivity contribution in [2.75, 3.05) is 23.4 Å². The molecule has 0 radical (unpaired) electrons. The summed E-state index contributed by atoms with van der Waals surface area (Å²) >= 11 is 0. The fraction of sp³-hybridized carbons (Fsp3) is 0.250. The molecule has 0 aliphatic carbocycles. The summed E-state index contributed by atoms with van der Waals surface area (Å²) in [7, 11) is -4.16. The SMILES string of the molecule is Cc1ccc(N2CCO[C@H]([C@@H](O)C3=NS(=O)(=O)c4cc(C#N)ccc4N3)C2=O)cc1. The highest BCUT2D eigenvalue weighted by atomic mass is 32.2. The zero-order valence-corrected chi connectivity index (χ0v) is 16.8. The van der Waals surface area contributed by atoms with Crippen LogP contribution in [-0.4, -0.2) is 50.6 Å². The van der Waals surface area contributed by atoms with Gasteiger partial charge in [-0.2, -0.15) is 13.7 Å². The number of nitriles is 1. The smallest absolute Gasteiger partial charge is 0.286 e. The van der Waals surface area contributed by atoms with Gasteiger partial charge < -0.3 is 20.1 Å². The highest BCUT2D eigenvalue weighted by Gasteiger charge is 2.40. The third kappa shape index (κ3) is 3.54. The van der Waals surface area contributed by atoms with E-state index in [1.54, 1.807) is 12.1 Å². The molecule has 2 atom stereocenters. The highest BCUT2D eigenvalue weighted by molar-refractivity contribution is 7.90. The summed E-state index contributed by atoms with van der Waals surface area (Å²) in [5, 5.41) is 22.5. The van der Waals surface area contributed by atoms with Gasteiger partial charge in [0.25, 0.3) is 15.9 Å². The number of rotatable bonds is 3. The average molecular weight is 426 g/mol. The minimum atomic E-state index is -4.16. The summed E-state index contributed by atoms with van der Waals surface area (Å²) in [4.78, 5) is 14.3. The number of morpholine rings is 1. The molecule has 1 amide bonds.